The third kappa shape index (κ3) is 3.76. The van der Waals surface area contributed by atoms with Gasteiger partial charge in [-0.25, -0.2) is 4.98 Å². The van der Waals surface area contributed by atoms with Crippen LogP contribution in [-0.2, 0) is 6.54 Å². The van der Waals surface area contributed by atoms with E-state index in [-0.39, 0.29) is 6.04 Å². The second-order valence-electron chi connectivity index (χ2n) is 7.25. The van der Waals surface area contributed by atoms with E-state index in [1.54, 1.807) is 20.5 Å². The van der Waals surface area contributed by atoms with Gasteiger partial charge in [0, 0.05) is 23.7 Å². The van der Waals surface area contributed by atoms with Crippen LogP contribution < -0.4 is 9.47 Å². The maximum Gasteiger partial charge on any atom is 0.226 e. The number of ether oxygens (including phenoxy) is 2. The molecule has 1 atom stereocenters. The molecule has 28 heavy (non-hydrogen) atoms. The Morgan fingerprint density at radius 1 is 1.11 bits per heavy atom. The second-order valence-corrected chi connectivity index (χ2v) is 7.25. The van der Waals surface area contributed by atoms with Crippen LogP contribution in [0.15, 0.2) is 53.1 Å². The molecule has 0 spiro atoms. The average Bonchev–Trinajstić information content (AvgIpc) is 3.38. The van der Waals surface area contributed by atoms with Crippen molar-refractivity contribution in [1.82, 2.24) is 9.88 Å². The summed E-state index contributed by atoms with van der Waals surface area (Å²) in [4.78, 5) is 7.15. The number of aromatic nitrogens is 1. The van der Waals surface area contributed by atoms with Crippen LogP contribution in [0.4, 0.5) is 0 Å². The van der Waals surface area contributed by atoms with Crippen molar-refractivity contribution in [2.24, 2.45) is 0 Å². The van der Waals surface area contributed by atoms with Crippen molar-refractivity contribution in [2.45, 2.75) is 32.4 Å². The van der Waals surface area contributed by atoms with Crippen LogP contribution in [0.25, 0.3) is 11.5 Å². The fraction of sp³-hybridized carbons (Fsp3) is 0.348. The molecule has 0 radical (unpaired) electrons. The summed E-state index contributed by atoms with van der Waals surface area (Å²) >= 11 is 0. The van der Waals surface area contributed by atoms with Gasteiger partial charge >= 0.3 is 0 Å². The van der Waals surface area contributed by atoms with Crippen molar-refractivity contribution in [1.29, 1.82) is 0 Å². The summed E-state index contributed by atoms with van der Waals surface area (Å²) in [5.74, 6) is 2.42. The van der Waals surface area contributed by atoms with Gasteiger partial charge in [-0.15, -0.1) is 0 Å². The standard InChI is InChI=1S/C23H26N2O3/c1-16-6-8-17(9-7-16)23-24-18(15-28-23)14-25-12-4-5-21(25)20-13-19(26-2)10-11-22(20)27-3/h6-11,13,15,21H,4-5,12,14H2,1-3H3/t21-/m0/s1. The Bertz CT molecular complexity index is 933. The molecule has 2 heterocycles. The van der Waals surface area contributed by atoms with Crippen molar-refractivity contribution >= 4 is 0 Å². The Hall–Kier alpha value is -2.79. The van der Waals surface area contributed by atoms with Gasteiger partial charge in [0.1, 0.15) is 17.8 Å². The van der Waals surface area contributed by atoms with Crippen LogP contribution in [0.3, 0.4) is 0 Å². The summed E-state index contributed by atoms with van der Waals surface area (Å²) in [5.41, 5.74) is 4.35. The van der Waals surface area contributed by atoms with Gasteiger partial charge in [0.15, 0.2) is 0 Å². The largest absolute Gasteiger partial charge is 0.497 e. The molecular weight excluding hydrogens is 352 g/mol. The lowest BCUT2D eigenvalue weighted by Crippen LogP contribution is -2.23. The highest BCUT2D eigenvalue weighted by Crippen LogP contribution is 2.39. The van der Waals surface area contributed by atoms with Gasteiger partial charge in [-0.3, -0.25) is 4.90 Å². The smallest absolute Gasteiger partial charge is 0.226 e. The molecule has 3 aromatic rings. The number of hydrogen-bond donors (Lipinski definition) is 0. The quantitative estimate of drug-likeness (QED) is 0.604. The van der Waals surface area contributed by atoms with Gasteiger partial charge in [0.2, 0.25) is 5.89 Å². The molecule has 0 aliphatic carbocycles. The molecule has 1 aromatic heterocycles. The third-order valence-corrected chi connectivity index (χ3v) is 5.37. The maximum absolute atomic E-state index is 5.74. The topological polar surface area (TPSA) is 47.7 Å². The fourth-order valence-corrected chi connectivity index (χ4v) is 3.88. The Labute approximate surface area is 165 Å². The van der Waals surface area contributed by atoms with E-state index in [0.717, 1.165) is 48.7 Å². The van der Waals surface area contributed by atoms with Crippen molar-refractivity contribution in [2.75, 3.05) is 20.8 Å². The number of oxazole rings is 1. The zero-order valence-electron chi connectivity index (χ0n) is 16.6. The Morgan fingerprint density at radius 2 is 1.93 bits per heavy atom. The molecule has 1 saturated heterocycles. The van der Waals surface area contributed by atoms with Gasteiger partial charge < -0.3 is 13.9 Å². The number of hydrogen-bond acceptors (Lipinski definition) is 5. The van der Waals surface area contributed by atoms with Gasteiger partial charge in [0.05, 0.1) is 19.9 Å². The molecule has 0 saturated carbocycles. The molecule has 0 bridgehead atoms. The SMILES string of the molecule is COc1ccc(OC)c([C@@H]2CCCN2Cc2coc(-c3ccc(C)cc3)n2)c1. The average molecular weight is 378 g/mol. The Balaban J connectivity index is 1.54. The zero-order chi connectivity index (χ0) is 19.5. The molecule has 1 aliphatic rings. The summed E-state index contributed by atoms with van der Waals surface area (Å²) in [6, 6.07) is 14.5. The maximum atomic E-state index is 5.74. The zero-order valence-corrected chi connectivity index (χ0v) is 16.6. The third-order valence-electron chi connectivity index (χ3n) is 5.37. The first-order valence-electron chi connectivity index (χ1n) is 9.65. The lowest BCUT2D eigenvalue weighted by atomic mass is 10.0. The number of methoxy groups -OCH3 is 2. The molecule has 0 unspecified atom stereocenters. The summed E-state index contributed by atoms with van der Waals surface area (Å²) in [5, 5.41) is 0. The highest BCUT2D eigenvalue weighted by Gasteiger charge is 2.29. The van der Waals surface area contributed by atoms with E-state index in [9.17, 15) is 0 Å². The van der Waals surface area contributed by atoms with E-state index in [1.807, 2.05) is 24.3 Å². The molecular formula is C23H26N2O3. The predicted octanol–water partition coefficient (Wildman–Crippen LogP) is 5.00. The van der Waals surface area contributed by atoms with Gasteiger partial charge in [-0.1, -0.05) is 17.7 Å². The van der Waals surface area contributed by atoms with Gasteiger partial charge in [-0.2, -0.15) is 0 Å². The van der Waals surface area contributed by atoms with Crippen molar-refractivity contribution in [3.05, 3.63) is 65.5 Å². The summed E-state index contributed by atoms with van der Waals surface area (Å²) < 4.78 is 16.8. The molecule has 0 amide bonds. The highest BCUT2D eigenvalue weighted by molar-refractivity contribution is 5.53. The molecule has 0 N–H and O–H groups in total. The molecule has 4 rings (SSSR count). The first-order chi connectivity index (χ1) is 13.7. The van der Waals surface area contributed by atoms with E-state index < -0.39 is 0 Å². The normalized spacial score (nSPS) is 17.0. The van der Waals surface area contributed by atoms with E-state index in [4.69, 9.17) is 18.9 Å². The highest BCUT2D eigenvalue weighted by atomic mass is 16.5. The van der Waals surface area contributed by atoms with E-state index >= 15 is 0 Å². The molecule has 1 fully saturated rings. The molecule has 5 nitrogen and oxygen atoms in total. The lowest BCUT2D eigenvalue weighted by molar-refractivity contribution is 0.239. The van der Waals surface area contributed by atoms with Crippen LogP contribution in [-0.4, -0.2) is 30.6 Å². The van der Waals surface area contributed by atoms with Gasteiger partial charge in [0.25, 0.3) is 0 Å². The summed E-state index contributed by atoms with van der Waals surface area (Å²) in [6.07, 6.45) is 4.01. The van der Waals surface area contributed by atoms with E-state index in [0.29, 0.717) is 5.89 Å². The van der Waals surface area contributed by atoms with E-state index in [2.05, 4.69) is 30.0 Å². The van der Waals surface area contributed by atoms with Crippen molar-refractivity contribution < 1.29 is 13.9 Å². The number of aryl methyl sites for hydroxylation is 1. The Kier molecular flexibility index (Phi) is 5.35. The van der Waals surface area contributed by atoms with Gasteiger partial charge in [-0.05, 0) is 56.6 Å². The number of rotatable bonds is 6. The summed E-state index contributed by atoms with van der Waals surface area (Å²) in [7, 11) is 3.41. The monoisotopic (exact) mass is 378 g/mol. The first kappa shape index (κ1) is 18.6. The predicted molar refractivity (Wildman–Crippen MR) is 109 cm³/mol. The van der Waals surface area contributed by atoms with Crippen molar-refractivity contribution in [3.63, 3.8) is 0 Å². The summed E-state index contributed by atoms with van der Waals surface area (Å²) in [6.45, 7) is 3.85. The minimum absolute atomic E-state index is 0.282. The molecule has 2 aromatic carbocycles. The molecule has 5 heteroatoms. The Morgan fingerprint density at radius 3 is 2.68 bits per heavy atom. The minimum Gasteiger partial charge on any atom is -0.497 e. The first-order valence-corrected chi connectivity index (χ1v) is 9.65. The number of nitrogens with zero attached hydrogens (tertiary/aromatic N) is 2. The van der Waals surface area contributed by atoms with Crippen molar-refractivity contribution in [3.8, 4) is 23.0 Å². The number of likely N-dealkylation sites (tertiary alicyclic amines) is 1. The number of benzene rings is 2. The van der Waals surface area contributed by atoms with Crippen LogP contribution in [0, 0.1) is 6.92 Å². The van der Waals surface area contributed by atoms with E-state index in [1.165, 1.54) is 11.1 Å². The van der Waals surface area contributed by atoms with Crippen LogP contribution >= 0.6 is 0 Å². The molecule has 146 valence electrons. The van der Waals surface area contributed by atoms with Crippen LogP contribution in [0.1, 0.15) is 35.7 Å². The minimum atomic E-state index is 0.282. The van der Waals surface area contributed by atoms with Crippen LogP contribution in [0.5, 0.6) is 11.5 Å². The fourth-order valence-electron chi connectivity index (χ4n) is 3.88. The lowest BCUT2D eigenvalue weighted by Gasteiger charge is -2.25. The molecule has 1 aliphatic heterocycles. The second kappa shape index (κ2) is 8.07. The van der Waals surface area contributed by atoms with Crippen LogP contribution in [0.2, 0.25) is 0 Å².